The van der Waals surface area contributed by atoms with Crippen LogP contribution in [0.3, 0.4) is 0 Å². The third kappa shape index (κ3) is 3.96. The van der Waals surface area contributed by atoms with Crippen molar-refractivity contribution in [2.75, 3.05) is 19.6 Å². The van der Waals surface area contributed by atoms with Gasteiger partial charge in [-0.2, -0.15) is 0 Å². The Bertz CT molecular complexity index is 261. The molecule has 2 rings (SSSR count). The van der Waals surface area contributed by atoms with Crippen molar-refractivity contribution in [1.29, 1.82) is 0 Å². The van der Waals surface area contributed by atoms with Gasteiger partial charge >= 0.3 is 0 Å². The highest BCUT2D eigenvalue weighted by atomic mass is 16.2. The number of nitrogens with two attached hydrogens (primary N) is 1. The van der Waals surface area contributed by atoms with E-state index >= 15 is 0 Å². The number of hydrogen-bond acceptors (Lipinski definition) is 3. The molecule has 1 aliphatic carbocycles. The van der Waals surface area contributed by atoms with Gasteiger partial charge in [0.05, 0.1) is 6.54 Å². The Kier molecular flexibility index (Phi) is 4.40. The molecule has 0 spiro atoms. The summed E-state index contributed by atoms with van der Waals surface area (Å²) in [6, 6.07) is 0.759. The van der Waals surface area contributed by atoms with Crippen LogP contribution in [0.5, 0.6) is 0 Å². The lowest BCUT2D eigenvalue weighted by molar-refractivity contribution is -0.123. The molecule has 1 heterocycles. The van der Waals surface area contributed by atoms with Gasteiger partial charge in [0, 0.05) is 25.2 Å². The summed E-state index contributed by atoms with van der Waals surface area (Å²) < 4.78 is 0. The molecule has 0 bridgehead atoms. The Morgan fingerprint density at radius 1 is 1.29 bits per heavy atom. The van der Waals surface area contributed by atoms with Gasteiger partial charge in [0.1, 0.15) is 0 Å². The maximum Gasteiger partial charge on any atom is 0.234 e. The standard InChI is InChI=1S/C13H25N3O/c1-10-2-3-12(8-10)15-13(17)9-16-6-4-11(14)5-7-16/h10-12H,2-9,14H2,1H3,(H,15,17). The molecular formula is C13H25N3O. The van der Waals surface area contributed by atoms with Crippen LogP contribution in [0, 0.1) is 5.92 Å². The van der Waals surface area contributed by atoms with Gasteiger partial charge < -0.3 is 11.1 Å². The normalized spacial score (nSPS) is 31.6. The fourth-order valence-corrected chi connectivity index (χ4v) is 2.93. The van der Waals surface area contributed by atoms with Crippen molar-refractivity contribution in [3.63, 3.8) is 0 Å². The summed E-state index contributed by atoms with van der Waals surface area (Å²) in [4.78, 5) is 14.1. The third-order valence-corrected chi connectivity index (χ3v) is 4.06. The second kappa shape index (κ2) is 5.83. The number of rotatable bonds is 3. The van der Waals surface area contributed by atoms with E-state index in [0.717, 1.165) is 44.7 Å². The first-order chi connectivity index (χ1) is 8.13. The number of nitrogens with zero attached hydrogens (tertiary/aromatic N) is 1. The van der Waals surface area contributed by atoms with Gasteiger partial charge in [0.25, 0.3) is 0 Å². The van der Waals surface area contributed by atoms with Crippen LogP contribution in [0.1, 0.15) is 39.0 Å². The Balaban J connectivity index is 1.67. The first-order valence-corrected chi connectivity index (χ1v) is 6.91. The fraction of sp³-hybridized carbons (Fsp3) is 0.923. The summed E-state index contributed by atoms with van der Waals surface area (Å²) in [6.07, 6.45) is 5.60. The molecule has 2 fully saturated rings. The predicted molar refractivity (Wildman–Crippen MR) is 68.6 cm³/mol. The maximum atomic E-state index is 11.9. The first-order valence-electron chi connectivity index (χ1n) is 6.91. The minimum absolute atomic E-state index is 0.194. The van der Waals surface area contributed by atoms with E-state index in [-0.39, 0.29) is 5.91 Å². The molecule has 0 radical (unpaired) electrons. The number of carbonyl (C=O) groups excluding carboxylic acids is 1. The highest BCUT2D eigenvalue weighted by Crippen LogP contribution is 2.24. The molecule has 3 N–H and O–H groups in total. The van der Waals surface area contributed by atoms with Crippen LogP contribution in [0.15, 0.2) is 0 Å². The molecule has 0 aromatic heterocycles. The predicted octanol–water partition coefficient (Wildman–Crippen LogP) is 0.714. The lowest BCUT2D eigenvalue weighted by Gasteiger charge is -2.29. The van der Waals surface area contributed by atoms with Gasteiger partial charge in [-0.15, -0.1) is 0 Å². The maximum absolute atomic E-state index is 11.9. The lowest BCUT2D eigenvalue weighted by atomic mass is 10.1. The van der Waals surface area contributed by atoms with E-state index in [9.17, 15) is 4.79 Å². The van der Waals surface area contributed by atoms with Crippen LogP contribution in [0.2, 0.25) is 0 Å². The average Bonchev–Trinajstić information content (AvgIpc) is 2.67. The van der Waals surface area contributed by atoms with Crippen LogP contribution in [0.4, 0.5) is 0 Å². The molecule has 98 valence electrons. The highest BCUT2D eigenvalue weighted by molar-refractivity contribution is 5.78. The third-order valence-electron chi connectivity index (χ3n) is 4.06. The van der Waals surface area contributed by atoms with Crippen molar-refractivity contribution in [3.05, 3.63) is 0 Å². The Hall–Kier alpha value is -0.610. The van der Waals surface area contributed by atoms with E-state index in [1.807, 2.05) is 0 Å². The van der Waals surface area contributed by atoms with E-state index in [4.69, 9.17) is 5.73 Å². The summed E-state index contributed by atoms with van der Waals surface area (Å²) >= 11 is 0. The number of nitrogens with one attached hydrogen (secondary N) is 1. The van der Waals surface area contributed by atoms with E-state index in [2.05, 4.69) is 17.1 Å². The molecule has 1 aliphatic heterocycles. The van der Waals surface area contributed by atoms with E-state index < -0.39 is 0 Å². The van der Waals surface area contributed by atoms with Gasteiger partial charge in [-0.25, -0.2) is 0 Å². The summed E-state index contributed by atoms with van der Waals surface area (Å²) in [5.41, 5.74) is 5.85. The largest absolute Gasteiger partial charge is 0.352 e. The van der Waals surface area contributed by atoms with Crippen molar-refractivity contribution in [1.82, 2.24) is 10.2 Å². The van der Waals surface area contributed by atoms with E-state index in [1.54, 1.807) is 0 Å². The molecule has 1 saturated carbocycles. The average molecular weight is 239 g/mol. The fourth-order valence-electron chi connectivity index (χ4n) is 2.93. The number of carbonyl (C=O) groups is 1. The van der Waals surface area contributed by atoms with Crippen LogP contribution >= 0.6 is 0 Å². The Morgan fingerprint density at radius 3 is 2.59 bits per heavy atom. The number of likely N-dealkylation sites (tertiary alicyclic amines) is 1. The molecule has 0 aromatic rings. The summed E-state index contributed by atoms with van der Waals surface area (Å²) in [7, 11) is 0. The zero-order valence-corrected chi connectivity index (χ0v) is 10.8. The SMILES string of the molecule is CC1CCC(NC(=O)CN2CCC(N)CC2)C1. The molecule has 4 nitrogen and oxygen atoms in total. The van der Waals surface area contributed by atoms with Crippen LogP contribution in [-0.4, -0.2) is 42.5 Å². The van der Waals surface area contributed by atoms with E-state index in [0.29, 0.717) is 18.6 Å². The summed E-state index contributed by atoms with van der Waals surface area (Å²) in [5.74, 6) is 0.966. The van der Waals surface area contributed by atoms with Gasteiger partial charge in [0.15, 0.2) is 0 Å². The van der Waals surface area contributed by atoms with Crippen molar-refractivity contribution in [3.8, 4) is 0 Å². The Labute approximate surface area is 104 Å². The summed E-state index contributed by atoms with van der Waals surface area (Å²) in [5, 5.41) is 3.16. The molecular weight excluding hydrogens is 214 g/mol. The molecule has 0 aromatic carbocycles. The Morgan fingerprint density at radius 2 is 2.00 bits per heavy atom. The quantitative estimate of drug-likeness (QED) is 0.763. The van der Waals surface area contributed by atoms with E-state index in [1.165, 1.54) is 6.42 Å². The topological polar surface area (TPSA) is 58.4 Å². The summed E-state index contributed by atoms with van der Waals surface area (Å²) in [6.45, 7) is 4.75. The monoisotopic (exact) mass is 239 g/mol. The molecule has 2 unspecified atom stereocenters. The van der Waals surface area contributed by atoms with Gasteiger partial charge in [-0.1, -0.05) is 6.92 Å². The van der Waals surface area contributed by atoms with Crippen LogP contribution < -0.4 is 11.1 Å². The van der Waals surface area contributed by atoms with Crippen LogP contribution in [0.25, 0.3) is 0 Å². The van der Waals surface area contributed by atoms with Crippen molar-refractivity contribution < 1.29 is 4.79 Å². The smallest absolute Gasteiger partial charge is 0.234 e. The molecule has 1 amide bonds. The first kappa shape index (κ1) is 12.8. The minimum atomic E-state index is 0.194. The number of amides is 1. The molecule has 2 atom stereocenters. The second-order valence-corrected chi connectivity index (χ2v) is 5.80. The molecule has 1 saturated heterocycles. The lowest BCUT2D eigenvalue weighted by Crippen LogP contribution is -2.46. The van der Waals surface area contributed by atoms with Crippen molar-refractivity contribution in [2.24, 2.45) is 11.7 Å². The molecule has 4 heteroatoms. The van der Waals surface area contributed by atoms with Gasteiger partial charge in [-0.3, -0.25) is 9.69 Å². The van der Waals surface area contributed by atoms with Gasteiger partial charge in [0.2, 0.25) is 5.91 Å². The zero-order chi connectivity index (χ0) is 12.3. The van der Waals surface area contributed by atoms with Gasteiger partial charge in [-0.05, 0) is 38.0 Å². The van der Waals surface area contributed by atoms with Crippen molar-refractivity contribution >= 4 is 5.91 Å². The zero-order valence-electron chi connectivity index (χ0n) is 10.8. The molecule has 17 heavy (non-hydrogen) atoms. The van der Waals surface area contributed by atoms with Crippen molar-refractivity contribution in [2.45, 2.75) is 51.1 Å². The number of piperidine rings is 1. The number of hydrogen-bond donors (Lipinski definition) is 2. The second-order valence-electron chi connectivity index (χ2n) is 5.80. The minimum Gasteiger partial charge on any atom is -0.352 e. The highest BCUT2D eigenvalue weighted by Gasteiger charge is 2.24. The van der Waals surface area contributed by atoms with Crippen LogP contribution in [-0.2, 0) is 4.79 Å². The molecule has 2 aliphatic rings.